The summed E-state index contributed by atoms with van der Waals surface area (Å²) in [6.45, 7) is 0. The molecule has 3 N–H and O–H groups in total. The SMILES string of the molecule is O=C(NC1=CC(=O)C2OC2C1O)c1ncccc1O. The van der Waals surface area contributed by atoms with Crippen molar-refractivity contribution >= 4 is 11.7 Å². The van der Waals surface area contributed by atoms with Crippen LogP contribution in [0.3, 0.4) is 0 Å². The molecular formula is C12H10N2O5. The van der Waals surface area contributed by atoms with Crippen molar-refractivity contribution in [2.75, 3.05) is 0 Å². The van der Waals surface area contributed by atoms with Crippen LogP contribution < -0.4 is 5.32 Å². The molecule has 2 heterocycles. The lowest BCUT2D eigenvalue weighted by atomic mass is 10.0. The zero-order chi connectivity index (χ0) is 13.6. The summed E-state index contributed by atoms with van der Waals surface area (Å²) in [7, 11) is 0. The van der Waals surface area contributed by atoms with Crippen LogP contribution in [-0.4, -0.2) is 45.2 Å². The molecule has 3 rings (SSSR count). The number of ketones is 1. The zero-order valence-electron chi connectivity index (χ0n) is 9.61. The zero-order valence-corrected chi connectivity index (χ0v) is 9.61. The van der Waals surface area contributed by atoms with Crippen molar-refractivity contribution in [3.8, 4) is 5.75 Å². The molecule has 1 amide bonds. The molecule has 7 nitrogen and oxygen atoms in total. The smallest absolute Gasteiger partial charge is 0.277 e. The van der Waals surface area contributed by atoms with E-state index in [1.54, 1.807) is 0 Å². The maximum atomic E-state index is 11.9. The molecule has 1 aliphatic carbocycles. The molecule has 3 atom stereocenters. The van der Waals surface area contributed by atoms with Crippen molar-refractivity contribution in [1.29, 1.82) is 0 Å². The Balaban J connectivity index is 1.80. The molecule has 2 aliphatic rings. The van der Waals surface area contributed by atoms with E-state index in [1.165, 1.54) is 18.3 Å². The van der Waals surface area contributed by atoms with Crippen molar-refractivity contribution in [3.05, 3.63) is 35.8 Å². The molecule has 1 saturated heterocycles. The maximum absolute atomic E-state index is 11.9. The minimum atomic E-state index is -1.06. The number of rotatable bonds is 2. The van der Waals surface area contributed by atoms with E-state index in [0.717, 1.165) is 6.08 Å². The van der Waals surface area contributed by atoms with Crippen LogP contribution >= 0.6 is 0 Å². The molecule has 98 valence electrons. The monoisotopic (exact) mass is 262 g/mol. The molecule has 1 aromatic heterocycles. The maximum Gasteiger partial charge on any atom is 0.277 e. The third-order valence-corrected chi connectivity index (χ3v) is 2.99. The van der Waals surface area contributed by atoms with Gasteiger partial charge in [0, 0.05) is 12.3 Å². The fourth-order valence-electron chi connectivity index (χ4n) is 1.96. The Hall–Kier alpha value is -2.25. The Kier molecular flexibility index (Phi) is 2.58. The van der Waals surface area contributed by atoms with Gasteiger partial charge in [-0.25, -0.2) is 4.98 Å². The number of fused-ring (bicyclic) bond motifs is 1. The van der Waals surface area contributed by atoms with Crippen molar-refractivity contribution in [2.45, 2.75) is 18.3 Å². The lowest BCUT2D eigenvalue weighted by Gasteiger charge is -2.16. The number of pyridine rings is 1. The molecule has 1 aromatic rings. The Labute approximate surface area is 107 Å². The quantitative estimate of drug-likeness (QED) is 0.596. The van der Waals surface area contributed by atoms with Crippen molar-refractivity contribution < 1.29 is 24.5 Å². The summed E-state index contributed by atoms with van der Waals surface area (Å²) in [6, 6.07) is 2.80. The molecule has 0 radical (unpaired) electrons. The summed E-state index contributed by atoms with van der Waals surface area (Å²) < 4.78 is 4.98. The standard InChI is InChI=1S/C12H10N2O5/c15-6-2-1-3-13-8(6)12(18)14-5-4-7(16)10-11(19-10)9(5)17/h1-4,9-11,15,17H,(H,14,18). The Morgan fingerprint density at radius 1 is 1.47 bits per heavy atom. The first-order chi connectivity index (χ1) is 9.08. The van der Waals surface area contributed by atoms with Crippen LogP contribution in [-0.2, 0) is 9.53 Å². The van der Waals surface area contributed by atoms with Crippen LogP contribution in [0.25, 0.3) is 0 Å². The van der Waals surface area contributed by atoms with Crippen LogP contribution in [0.5, 0.6) is 5.75 Å². The highest BCUT2D eigenvalue weighted by atomic mass is 16.6. The minimum absolute atomic E-state index is 0.0544. The third kappa shape index (κ3) is 1.98. The van der Waals surface area contributed by atoms with Gasteiger partial charge in [-0.1, -0.05) is 0 Å². The number of carbonyl (C=O) groups is 2. The van der Waals surface area contributed by atoms with Crippen molar-refractivity contribution in [2.24, 2.45) is 0 Å². The molecule has 19 heavy (non-hydrogen) atoms. The fraction of sp³-hybridized carbons (Fsp3) is 0.250. The Morgan fingerprint density at radius 3 is 3.00 bits per heavy atom. The molecule has 7 heteroatoms. The predicted octanol–water partition coefficient (Wildman–Crippen LogP) is -0.888. The van der Waals surface area contributed by atoms with Gasteiger partial charge in [0.15, 0.2) is 11.5 Å². The summed E-state index contributed by atoms with van der Waals surface area (Å²) in [6.07, 6.45) is 0.240. The van der Waals surface area contributed by atoms with Gasteiger partial charge >= 0.3 is 0 Å². The summed E-state index contributed by atoms with van der Waals surface area (Å²) in [5.41, 5.74) is -0.124. The van der Waals surface area contributed by atoms with Gasteiger partial charge in [0.05, 0.1) is 5.70 Å². The van der Waals surface area contributed by atoms with Crippen LogP contribution in [0.2, 0.25) is 0 Å². The first-order valence-electron chi connectivity index (χ1n) is 5.62. The van der Waals surface area contributed by atoms with E-state index < -0.39 is 24.2 Å². The predicted molar refractivity (Wildman–Crippen MR) is 61.1 cm³/mol. The number of epoxide rings is 1. The Morgan fingerprint density at radius 2 is 2.26 bits per heavy atom. The molecule has 0 aromatic carbocycles. The van der Waals surface area contributed by atoms with Gasteiger partial charge in [-0.2, -0.15) is 0 Å². The van der Waals surface area contributed by atoms with E-state index in [-0.39, 0.29) is 22.9 Å². The van der Waals surface area contributed by atoms with Crippen LogP contribution in [0.1, 0.15) is 10.5 Å². The van der Waals surface area contributed by atoms with E-state index in [0.29, 0.717) is 0 Å². The van der Waals surface area contributed by atoms with Gasteiger partial charge < -0.3 is 20.3 Å². The van der Waals surface area contributed by atoms with E-state index in [1.807, 2.05) is 0 Å². The van der Waals surface area contributed by atoms with Gasteiger partial charge in [-0.05, 0) is 12.1 Å². The second-order valence-electron chi connectivity index (χ2n) is 4.29. The van der Waals surface area contributed by atoms with Gasteiger partial charge in [0.25, 0.3) is 5.91 Å². The highest BCUT2D eigenvalue weighted by Crippen LogP contribution is 2.33. The van der Waals surface area contributed by atoms with Crippen LogP contribution in [0, 0.1) is 0 Å². The normalized spacial score (nSPS) is 28.4. The lowest BCUT2D eigenvalue weighted by molar-refractivity contribution is -0.116. The fourth-order valence-corrected chi connectivity index (χ4v) is 1.96. The summed E-state index contributed by atoms with van der Waals surface area (Å²) in [5.74, 6) is -1.27. The third-order valence-electron chi connectivity index (χ3n) is 2.99. The van der Waals surface area contributed by atoms with Gasteiger partial charge in [-0.3, -0.25) is 9.59 Å². The summed E-state index contributed by atoms with van der Waals surface area (Å²) in [4.78, 5) is 27.0. The van der Waals surface area contributed by atoms with Crippen molar-refractivity contribution in [3.63, 3.8) is 0 Å². The van der Waals surface area contributed by atoms with Gasteiger partial charge in [0.1, 0.15) is 24.1 Å². The number of hydrogen-bond acceptors (Lipinski definition) is 6. The number of nitrogens with one attached hydrogen (secondary N) is 1. The first kappa shape index (κ1) is 11.8. The van der Waals surface area contributed by atoms with E-state index in [4.69, 9.17) is 4.74 Å². The molecule has 0 saturated carbocycles. The number of aliphatic hydroxyl groups is 1. The van der Waals surface area contributed by atoms with E-state index in [9.17, 15) is 19.8 Å². The topological polar surface area (TPSA) is 112 Å². The number of ether oxygens (including phenoxy) is 1. The highest BCUT2D eigenvalue weighted by molar-refractivity contribution is 6.00. The Bertz CT molecular complexity index is 598. The largest absolute Gasteiger partial charge is 0.505 e. The minimum Gasteiger partial charge on any atom is -0.505 e. The van der Waals surface area contributed by atoms with E-state index >= 15 is 0 Å². The first-order valence-corrected chi connectivity index (χ1v) is 5.62. The van der Waals surface area contributed by atoms with Crippen LogP contribution in [0.4, 0.5) is 0 Å². The van der Waals surface area contributed by atoms with Gasteiger partial charge in [0.2, 0.25) is 0 Å². The molecule has 3 unspecified atom stereocenters. The number of hydrogen-bond donors (Lipinski definition) is 3. The number of aromatic hydroxyl groups is 1. The second kappa shape index (κ2) is 4.15. The van der Waals surface area contributed by atoms with Crippen molar-refractivity contribution in [1.82, 2.24) is 10.3 Å². The summed E-state index contributed by atoms with van der Waals surface area (Å²) >= 11 is 0. The number of carbonyl (C=O) groups excluding carboxylic acids is 2. The molecule has 1 aliphatic heterocycles. The number of nitrogens with zero attached hydrogens (tertiary/aromatic N) is 1. The molecular weight excluding hydrogens is 252 g/mol. The second-order valence-corrected chi connectivity index (χ2v) is 4.29. The lowest BCUT2D eigenvalue weighted by Crippen LogP contribution is -2.37. The average Bonchev–Trinajstić information content (AvgIpc) is 3.17. The van der Waals surface area contributed by atoms with Crippen LogP contribution in [0.15, 0.2) is 30.1 Å². The molecule has 1 fully saturated rings. The average molecular weight is 262 g/mol. The number of aliphatic hydroxyl groups excluding tert-OH is 1. The summed E-state index contributed by atoms with van der Waals surface area (Å²) in [5, 5.41) is 21.7. The number of aromatic nitrogens is 1. The highest BCUT2D eigenvalue weighted by Gasteiger charge is 2.53. The number of amides is 1. The molecule has 0 bridgehead atoms. The van der Waals surface area contributed by atoms with Gasteiger partial charge in [-0.15, -0.1) is 0 Å². The van der Waals surface area contributed by atoms with E-state index in [2.05, 4.69) is 10.3 Å². The molecule has 0 spiro atoms.